The van der Waals surface area contributed by atoms with Crippen LogP contribution in [0.2, 0.25) is 0 Å². The van der Waals surface area contributed by atoms with E-state index in [0.29, 0.717) is 5.56 Å². The first-order valence-corrected chi connectivity index (χ1v) is 14.0. The van der Waals surface area contributed by atoms with Crippen LogP contribution in [0.4, 0.5) is 14.5 Å². The summed E-state index contributed by atoms with van der Waals surface area (Å²) in [7, 11) is -3.79. The molecule has 0 radical (unpaired) electrons. The van der Waals surface area contributed by atoms with E-state index in [2.05, 4.69) is 5.32 Å². The second-order valence-corrected chi connectivity index (χ2v) is 11.1. The first kappa shape index (κ1) is 27.6. The maximum atomic E-state index is 14.3. The van der Waals surface area contributed by atoms with Gasteiger partial charge in [-0.2, -0.15) is 0 Å². The van der Waals surface area contributed by atoms with Gasteiger partial charge in [0.05, 0.1) is 11.9 Å². The third-order valence-electron chi connectivity index (χ3n) is 6.41. The minimum atomic E-state index is -3.79. The van der Waals surface area contributed by atoms with Gasteiger partial charge in [-0.25, -0.2) is 17.2 Å². The lowest BCUT2D eigenvalue weighted by atomic mass is 10.1. The van der Waals surface area contributed by atoms with E-state index in [1.807, 2.05) is 0 Å². The number of hydrogen-bond donors (Lipinski definition) is 1. The molecule has 0 aliphatic heterocycles. The SMILES string of the molecule is CC(C(=O)NC1CCCC1)N(Cc1ccc(F)cc1)C(=O)CCCN(c1ccccc1F)S(C)(=O)=O. The van der Waals surface area contributed by atoms with Crippen LogP contribution in [0.5, 0.6) is 0 Å². The number of halogens is 2. The number of anilines is 1. The zero-order chi connectivity index (χ0) is 26.3. The average molecular weight is 522 g/mol. The van der Waals surface area contributed by atoms with Crippen molar-refractivity contribution in [3.8, 4) is 0 Å². The van der Waals surface area contributed by atoms with Crippen molar-refractivity contribution in [1.29, 1.82) is 0 Å². The molecule has 0 heterocycles. The number of rotatable bonds is 11. The Bertz CT molecular complexity index is 1150. The van der Waals surface area contributed by atoms with Gasteiger partial charge in [0.1, 0.15) is 17.7 Å². The molecule has 0 bridgehead atoms. The highest BCUT2D eigenvalue weighted by Crippen LogP contribution is 2.23. The average Bonchev–Trinajstić information content (AvgIpc) is 3.34. The van der Waals surface area contributed by atoms with Gasteiger partial charge in [-0.1, -0.05) is 37.1 Å². The van der Waals surface area contributed by atoms with Crippen LogP contribution in [-0.2, 0) is 26.2 Å². The van der Waals surface area contributed by atoms with E-state index in [1.165, 1.54) is 41.3 Å². The molecule has 7 nitrogen and oxygen atoms in total. The van der Waals surface area contributed by atoms with Crippen LogP contribution < -0.4 is 9.62 Å². The largest absolute Gasteiger partial charge is 0.352 e. The Morgan fingerprint density at radius 1 is 1.06 bits per heavy atom. The first-order chi connectivity index (χ1) is 17.1. The van der Waals surface area contributed by atoms with Gasteiger partial charge >= 0.3 is 0 Å². The van der Waals surface area contributed by atoms with Crippen molar-refractivity contribution in [3.63, 3.8) is 0 Å². The molecule has 1 unspecified atom stereocenters. The fraction of sp³-hybridized carbons (Fsp3) is 0.462. The molecule has 1 aliphatic rings. The zero-order valence-corrected chi connectivity index (χ0v) is 21.4. The molecule has 10 heteroatoms. The molecule has 1 fully saturated rings. The predicted octanol–water partition coefficient (Wildman–Crippen LogP) is 3.99. The minimum Gasteiger partial charge on any atom is -0.352 e. The molecule has 2 aromatic rings. The summed E-state index contributed by atoms with van der Waals surface area (Å²) in [5, 5.41) is 3.01. The van der Waals surface area contributed by atoms with Gasteiger partial charge in [0.25, 0.3) is 0 Å². The smallest absolute Gasteiger partial charge is 0.242 e. The lowest BCUT2D eigenvalue weighted by Crippen LogP contribution is -2.49. The van der Waals surface area contributed by atoms with Crippen molar-refractivity contribution in [2.24, 2.45) is 0 Å². The second-order valence-electron chi connectivity index (χ2n) is 9.20. The van der Waals surface area contributed by atoms with Crippen LogP contribution in [-0.4, -0.2) is 50.0 Å². The molecule has 0 saturated heterocycles. The quantitative estimate of drug-likeness (QED) is 0.485. The van der Waals surface area contributed by atoms with Gasteiger partial charge < -0.3 is 10.2 Å². The van der Waals surface area contributed by atoms with Gasteiger partial charge in [0.15, 0.2) is 0 Å². The number of benzene rings is 2. The highest BCUT2D eigenvalue weighted by molar-refractivity contribution is 7.92. The summed E-state index contributed by atoms with van der Waals surface area (Å²) in [5.41, 5.74) is 0.578. The van der Waals surface area contributed by atoms with Crippen LogP contribution in [0.15, 0.2) is 48.5 Å². The van der Waals surface area contributed by atoms with E-state index in [-0.39, 0.29) is 49.5 Å². The Labute approximate surface area is 211 Å². The summed E-state index contributed by atoms with van der Waals surface area (Å²) in [4.78, 5) is 27.6. The number of nitrogens with zero attached hydrogens (tertiary/aromatic N) is 2. The second kappa shape index (κ2) is 12.3. The maximum Gasteiger partial charge on any atom is 0.242 e. The van der Waals surface area contributed by atoms with Crippen molar-refractivity contribution in [1.82, 2.24) is 10.2 Å². The molecule has 0 aromatic heterocycles. The van der Waals surface area contributed by atoms with Crippen molar-refractivity contribution in [2.45, 2.75) is 64.1 Å². The Balaban J connectivity index is 1.72. The third-order valence-corrected chi connectivity index (χ3v) is 7.59. The molecular weight excluding hydrogens is 488 g/mol. The van der Waals surface area contributed by atoms with Crippen molar-refractivity contribution < 1.29 is 26.8 Å². The molecule has 3 rings (SSSR count). The van der Waals surface area contributed by atoms with Crippen molar-refractivity contribution >= 4 is 27.5 Å². The van der Waals surface area contributed by atoms with Crippen LogP contribution in [0.3, 0.4) is 0 Å². The molecule has 1 saturated carbocycles. The number of sulfonamides is 1. The maximum absolute atomic E-state index is 14.3. The fourth-order valence-corrected chi connectivity index (χ4v) is 5.36. The van der Waals surface area contributed by atoms with Crippen LogP contribution in [0.1, 0.15) is 51.0 Å². The highest BCUT2D eigenvalue weighted by Gasteiger charge is 2.29. The molecule has 196 valence electrons. The van der Waals surface area contributed by atoms with E-state index in [4.69, 9.17) is 0 Å². The lowest BCUT2D eigenvalue weighted by Gasteiger charge is -2.30. The van der Waals surface area contributed by atoms with Gasteiger partial charge in [-0.05, 0) is 56.0 Å². The lowest BCUT2D eigenvalue weighted by molar-refractivity contribution is -0.141. The van der Waals surface area contributed by atoms with Gasteiger partial charge in [0.2, 0.25) is 21.8 Å². The number of para-hydroxylation sites is 1. The number of carbonyl (C=O) groups excluding carboxylic acids is 2. The Morgan fingerprint density at radius 2 is 1.69 bits per heavy atom. The monoisotopic (exact) mass is 521 g/mol. The Morgan fingerprint density at radius 3 is 2.31 bits per heavy atom. The molecule has 36 heavy (non-hydrogen) atoms. The summed E-state index contributed by atoms with van der Waals surface area (Å²) in [6.45, 7) is 1.65. The summed E-state index contributed by atoms with van der Waals surface area (Å²) < 4.78 is 53.2. The van der Waals surface area contributed by atoms with Crippen LogP contribution in [0, 0.1) is 11.6 Å². The van der Waals surface area contributed by atoms with E-state index < -0.39 is 27.7 Å². The Hall–Kier alpha value is -3.01. The number of amides is 2. The standard InChI is InChI=1S/C26H33F2N3O4S/c1-19(26(33)29-22-8-3-4-9-22)30(18-20-13-15-21(27)16-14-20)25(32)12-7-17-31(36(2,34)35)24-11-6-5-10-23(24)28/h5-6,10-11,13-16,19,22H,3-4,7-9,12,17-18H2,1-2H3,(H,29,33). The van der Waals surface area contributed by atoms with Crippen molar-refractivity contribution in [3.05, 3.63) is 65.7 Å². The summed E-state index contributed by atoms with van der Waals surface area (Å²) >= 11 is 0. The first-order valence-electron chi connectivity index (χ1n) is 12.1. The number of hydrogen-bond acceptors (Lipinski definition) is 4. The minimum absolute atomic E-state index is 0.0529. The molecule has 1 N–H and O–H groups in total. The summed E-state index contributed by atoms with van der Waals surface area (Å²) in [5.74, 6) is -1.70. The topological polar surface area (TPSA) is 86.8 Å². The number of carbonyl (C=O) groups is 2. The predicted molar refractivity (Wildman–Crippen MR) is 135 cm³/mol. The van der Waals surface area contributed by atoms with E-state index >= 15 is 0 Å². The van der Waals surface area contributed by atoms with Gasteiger partial charge in [0, 0.05) is 25.6 Å². The zero-order valence-electron chi connectivity index (χ0n) is 20.6. The van der Waals surface area contributed by atoms with Crippen LogP contribution in [0.25, 0.3) is 0 Å². The van der Waals surface area contributed by atoms with Gasteiger partial charge in [-0.3, -0.25) is 13.9 Å². The summed E-state index contributed by atoms with van der Waals surface area (Å²) in [6.07, 6.45) is 4.97. The van der Waals surface area contributed by atoms with E-state index in [1.54, 1.807) is 19.1 Å². The molecule has 2 amide bonds. The number of nitrogens with one attached hydrogen (secondary N) is 1. The Kier molecular flexibility index (Phi) is 9.42. The molecule has 1 atom stereocenters. The van der Waals surface area contributed by atoms with E-state index in [9.17, 15) is 26.8 Å². The highest BCUT2D eigenvalue weighted by atomic mass is 32.2. The normalized spacial score (nSPS) is 14.9. The molecule has 2 aromatic carbocycles. The van der Waals surface area contributed by atoms with Crippen LogP contribution >= 0.6 is 0 Å². The molecular formula is C26H33F2N3O4S. The molecule has 0 spiro atoms. The fourth-order valence-electron chi connectivity index (χ4n) is 4.40. The summed E-state index contributed by atoms with van der Waals surface area (Å²) in [6, 6.07) is 10.6. The van der Waals surface area contributed by atoms with Crippen molar-refractivity contribution in [2.75, 3.05) is 17.1 Å². The molecule has 1 aliphatic carbocycles. The third kappa shape index (κ3) is 7.49. The van der Waals surface area contributed by atoms with Gasteiger partial charge in [-0.15, -0.1) is 0 Å². The van der Waals surface area contributed by atoms with E-state index in [0.717, 1.165) is 36.2 Å².